The van der Waals surface area contributed by atoms with Crippen LogP contribution in [-0.2, 0) is 11.0 Å². The number of nitrogens with one attached hydrogen (secondary N) is 2. The van der Waals surface area contributed by atoms with Gasteiger partial charge in [0.05, 0.1) is 20.3 Å². The van der Waals surface area contributed by atoms with E-state index in [1.54, 1.807) is 11.3 Å². The molecule has 0 aliphatic carbocycles. The number of nitrogens with zero attached hydrogens (tertiary/aromatic N) is 1. The third kappa shape index (κ3) is 5.00. The zero-order valence-electron chi connectivity index (χ0n) is 13.2. The van der Waals surface area contributed by atoms with E-state index in [2.05, 4.69) is 15.6 Å². The van der Waals surface area contributed by atoms with Gasteiger partial charge in [0, 0.05) is 12.7 Å². The van der Waals surface area contributed by atoms with Crippen molar-refractivity contribution in [1.29, 1.82) is 0 Å². The van der Waals surface area contributed by atoms with Crippen LogP contribution < -0.4 is 10.6 Å². The Morgan fingerprint density at radius 1 is 1.15 bits per heavy atom. The quantitative estimate of drug-likeness (QED) is 0.516. The highest BCUT2D eigenvalue weighted by Gasteiger charge is 2.33. The van der Waals surface area contributed by atoms with Crippen molar-refractivity contribution in [2.45, 2.75) is 6.18 Å². The normalized spacial score (nSPS) is 10.8. The molecular formula is C16H12Cl2F3N3OS. The van der Waals surface area contributed by atoms with Crippen LogP contribution in [0.15, 0.2) is 36.4 Å². The van der Waals surface area contributed by atoms with Crippen LogP contribution in [0.1, 0.15) is 5.56 Å². The highest BCUT2D eigenvalue weighted by Crippen LogP contribution is 2.36. The first-order valence-electron chi connectivity index (χ1n) is 7.06. The summed E-state index contributed by atoms with van der Waals surface area (Å²) in [6.07, 6.45) is -4.22. The van der Waals surface area contributed by atoms with E-state index in [-0.39, 0.29) is 5.69 Å². The van der Waals surface area contributed by atoms with E-state index in [0.717, 1.165) is 27.5 Å². The van der Waals surface area contributed by atoms with Crippen LogP contribution in [0.25, 0.3) is 10.2 Å². The number of amides is 1. The van der Waals surface area contributed by atoms with E-state index < -0.39 is 16.8 Å². The van der Waals surface area contributed by atoms with Gasteiger partial charge in [-0.15, -0.1) is 0 Å². The molecule has 26 heavy (non-hydrogen) atoms. The molecular weight excluding hydrogens is 410 g/mol. The average molecular weight is 422 g/mol. The summed E-state index contributed by atoms with van der Waals surface area (Å²) in [6.45, 7) is 0. The fraction of sp³-hybridized carbons (Fsp3) is 0.125. The predicted molar refractivity (Wildman–Crippen MR) is 100 cm³/mol. The minimum atomic E-state index is -4.52. The number of carbonyl (C=O) groups is 1. The Bertz CT molecular complexity index is 915. The largest absolute Gasteiger partial charge is 0.417 e. The molecule has 0 unspecified atom stereocenters. The molecule has 2 aromatic carbocycles. The second-order valence-electron chi connectivity index (χ2n) is 4.81. The van der Waals surface area contributed by atoms with E-state index in [4.69, 9.17) is 23.2 Å². The summed E-state index contributed by atoms with van der Waals surface area (Å²) in [6, 6.07) is 8.93. The Balaban J connectivity index is 0.000000189. The number of anilines is 2. The second-order valence-corrected chi connectivity index (χ2v) is 6.66. The molecule has 4 nitrogen and oxygen atoms in total. The Kier molecular flexibility index (Phi) is 6.69. The van der Waals surface area contributed by atoms with Crippen molar-refractivity contribution in [3.63, 3.8) is 0 Å². The van der Waals surface area contributed by atoms with E-state index in [1.807, 2.05) is 25.2 Å². The molecule has 0 fully saturated rings. The molecule has 138 valence electrons. The molecule has 0 bridgehead atoms. The van der Waals surface area contributed by atoms with Crippen molar-refractivity contribution in [3.8, 4) is 0 Å². The lowest BCUT2D eigenvalue weighted by molar-refractivity contribution is -0.137. The maximum Gasteiger partial charge on any atom is 0.417 e. The monoisotopic (exact) mass is 421 g/mol. The third-order valence-corrected chi connectivity index (χ3v) is 4.75. The molecule has 2 N–H and O–H groups in total. The number of carbonyl (C=O) groups excluding carboxylic acids is 1. The van der Waals surface area contributed by atoms with Gasteiger partial charge in [-0.3, -0.25) is 4.79 Å². The minimum Gasteiger partial charge on any atom is -0.365 e. The molecule has 0 aliphatic rings. The fourth-order valence-electron chi connectivity index (χ4n) is 1.92. The van der Waals surface area contributed by atoms with Gasteiger partial charge in [0.25, 0.3) is 0 Å². The topological polar surface area (TPSA) is 54.0 Å². The minimum absolute atomic E-state index is 0.0525. The standard InChI is InChI=1S/C8H5ClF3NO.C8H7ClN2S/c9-7-2-1-5(13-4-14)3-6(7)8(10,11)12;1-10-8-11-7-5(9)3-2-4-6(7)12-8/h1-4H,(H,13,14);2-4H,1H3,(H,10,11). The lowest BCUT2D eigenvalue weighted by atomic mass is 10.2. The average Bonchev–Trinajstić information content (AvgIpc) is 3.01. The van der Waals surface area contributed by atoms with Gasteiger partial charge < -0.3 is 10.6 Å². The molecule has 0 radical (unpaired) electrons. The van der Waals surface area contributed by atoms with Crippen LogP contribution in [0.3, 0.4) is 0 Å². The first kappa shape index (κ1) is 20.3. The summed E-state index contributed by atoms with van der Waals surface area (Å²) in [4.78, 5) is 14.3. The number of hydrogen-bond donors (Lipinski definition) is 2. The molecule has 3 rings (SSSR count). The molecule has 10 heteroatoms. The van der Waals surface area contributed by atoms with E-state index in [1.165, 1.54) is 6.07 Å². The van der Waals surface area contributed by atoms with Crippen molar-refractivity contribution in [3.05, 3.63) is 52.0 Å². The molecule has 0 saturated carbocycles. The van der Waals surface area contributed by atoms with Gasteiger partial charge in [0.15, 0.2) is 5.13 Å². The van der Waals surface area contributed by atoms with Crippen LogP contribution in [-0.4, -0.2) is 18.4 Å². The molecule has 3 aromatic rings. The third-order valence-electron chi connectivity index (χ3n) is 3.08. The van der Waals surface area contributed by atoms with Crippen molar-refractivity contribution in [1.82, 2.24) is 4.98 Å². The maximum absolute atomic E-state index is 12.3. The summed E-state index contributed by atoms with van der Waals surface area (Å²) < 4.78 is 37.9. The van der Waals surface area contributed by atoms with Gasteiger partial charge in [0.2, 0.25) is 6.41 Å². The summed E-state index contributed by atoms with van der Waals surface area (Å²) in [5.41, 5.74) is -0.0312. The Labute approximate surface area is 160 Å². The Morgan fingerprint density at radius 2 is 1.88 bits per heavy atom. The van der Waals surface area contributed by atoms with Gasteiger partial charge >= 0.3 is 6.18 Å². The highest BCUT2D eigenvalue weighted by atomic mass is 35.5. The molecule has 0 aliphatic heterocycles. The summed E-state index contributed by atoms with van der Waals surface area (Å²) in [5.74, 6) is 0. The number of aromatic nitrogens is 1. The van der Waals surface area contributed by atoms with Crippen LogP contribution >= 0.6 is 34.5 Å². The van der Waals surface area contributed by atoms with E-state index >= 15 is 0 Å². The first-order valence-corrected chi connectivity index (χ1v) is 8.63. The van der Waals surface area contributed by atoms with E-state index in [9.17, 15) is 18.0 Å². The molecule has 0 atom stereocenters. The van der Waals surface area contributed by atoms with Crippen LogP contribution in [0.5, 0.6) is 0 Å². The summed E-state index contributed by atoms with van der Waals surface area (Å²) in [7, 11) is 1.85. The van der Waals surface area contributed by atoms with Crippen molar-refractivity contribution < 1.29 is 18.0 Å². The number of thiazole rings is 1. The van der Waals surface area contributed by atoms with Gasteiger partial charge in [-0.1, -0.05) is 40.6 Å². The van der Waals surface area contributed by atoms with E-state index in [0.29, 0.717) is 11.4 Å². The number of para-hydroxylation sites is 1. The number of fused-ring (bicyclic) bond motifs is 1. The van der Waals surface area contributed by atoms with Crippen LogP contribution in [0.4, 0.5) is 24.0 Å². The second kappa shape index (κ2) is 8.57. The summed E-state index contributed by atoms with van der Waals surface area (Å²) in [5, 5.41) is 6.32. The molecule has 1 aromatic heterocycles. The molecule has 1 heterocycles. The number of halogens is 5. The van der Waals surface area contributed by atoms with Crippen LogP contribution in [0.2, 0.25) is 10.0 Å². The lowest BCUT2D eigenvalue weighted by Crippen LogP contribution is -2.07. The smallest absolute Gasteiger partial charge is 0.365 e. The van der Waals surface area contributed by atoms with Gasteiger partial charge in [-0.25, -0.2) is 4.98 Å². The maximum atomic E-state index is 12.3. The van der Waals surface area contributed by atoms with Crippen molar-refractivity contribution in [2.75, 3.05) is 17.7 Å². The Hall–Kier alpha value is -2.03. The zero-order chi connectivity index (χ0) is 19.3. The first-order chi connectivity index (χ1) is 12.3. The van der Waals surface area contributed by atoms with Gasteiger partial charge in [0.1, 0.15) is 5.52 Å². The molecule has 1 amide bonds. The van der Waals surface area contributed by atoms with Crippen LogP contribution in [0, 0.1) is 0 Å². The Morgan fingerprint density at radius 3 is 2.46 bits per heavy atom. The summed E-state index contributed by atoms with van der Waals surface area (Å²) >= 11 is 12.9. The molecule has 0 spiro atoms. The lowest BCUT2D eigenvalue weighted by Gasteiger charge is -2.09. The number of hydrogen-bond acceptors (Lipinski definition) is 4. The van der Waals surface area contributed by atoms with Gasteiger partial charge in [-0.05, 0) is 30.3 Å². The van der Waals surface area contributed by atoms with Crippen molar-refractivity contribution >= 4 is 62.0 Å². The predicted octanol–water partition coefficient (Wildman–Crippen LogP) is 5.92. The number of rotatable bonds is 3. The highest BCUT2D eigenvalue weighted by molar-refractivity contribution is 7.22. The molecule has 0 saturated heterocycles. The fourth-order valence-corrected chi connectivity index (χ4v) is 3.27. The number of alkyl halides is 3. The number of benzene rings is 2. The zero-order valence-corrected chi connectivity index (χ0v) is 15.5. The van der Waals surface area contributed by atoms with Gasteiger partial charge in [-0.2, -0.15) is 13.2 Å². The van der Waals surface area contributed by atoms with Crippen molar-refractivity contribution in [2.24, 2.45) is 0 Å². The SMILES string of the molecule is CNc1nc2c(Cl)cccc2s1.O=CNc1ccc(Cl)c(C(F)(F)F)c1.